The number of hydrogen-bond donors (Lipinski definition) is 0. The lowest BCUT2D eigenvalue weighted by molar-refractivity contribution is -1.01. The predicted octanol–water partition coefficient (Wildman–Crippen LogP) is 1.74. The fourth-order valence-corrected chi connectivity index (χ4v) is 1.17. The summed E-state index contributed by atoms with van der Waals surface area (Å²) in [7, 11) is 8.60. The van der Waals surface area contributed by atoms with Crippen LogP contribution in [0.25, 0.3) is 0 Å². The fraction of sp³-hybridized carbons (Fsp3) is 0.455. The maximum atomic E-state index is 2.20. The SMILES string of the molecule is CN(C)[N+](C)(C)Cc1ccccc1. The van der Waals surface area contributed by atoms with Crippen molar-refractivity contribution in [1.29, 1.82) is 0 Å². The van der Waals surface area contributed by atoms with Crippen molar-refractivity contribution >= 4 is 0 Å². The van der Waals surface area contributed by atoms with E-state index in [2.05, 4.69) is 63.5 Å². The molecule has 0 atom stereocenters. The van der Waals surface area contributed by atoms with Crippen molar-refractivity contribution in [3.05, 3.63) is 35.9 Å². The minimum absolute atomic E-state index is 0.879. The Morgan fingerprint density at radius 2 is 1.62 bits per heavy atom. The largest absolute Gasteiger partial charge is 0.245 e. The molecule has 0 fully saturated rings. The van der Waals surface area contributed by atoms with E-state index >= 15 is 0 Å². The second kappa shape index (κ2) is 3.90. The Morgan fingerprint density at radius 3 is 2.08 bits per heavy atom. The number of hydrogen-bond acceptors (Lipinski definition) is 1. The van der Waals surface area contributed by atoms with Crippen LogP contribution in [0.4, 0.5) is 0 Å². The maximum absolute atomic E-state index is 2.20. The Hall–Kier alpha value is -0.860. The van der Waals surface area contributed by atoms with Crippen molar-refractivity contribution in [2.24, 2.45) is 0 Å². The highest BCUT2D eigenvalue weighted by atomic mass is 15.7. The number of quaternary nitrogens is 1. The van der Waals surface area contributed by atoms with Gasteiger partial charge in [0.2, 0.25) is 0 Å². The minimum Gasteiger partial charge on any atom is -0.245 e. The summed E-state index contributed by atoms with van der Waals surface area (Å²) in [6, 6.07) is 10.6. The van der Waals surface area contributed by atoms with Gasteiger partial charge in [-0.25, -0.2) is 4.59 Å². The van der Waals surface area contributed by atoms with E-state index in [0.29, 0.717) is 0 Å². The van der Waals surface area contributed by atoms with E-state index in [1.54, 1.807) is 0 Å². The maximum Gasteiger partial charge on any atom is 0.122 e. The molecule has 1 aromatic carbocycles. The van der Waals surface area contributed by atoms with Gasteiger partial charge in [0.05, 0.1) is 14.1 Å². The number of benzene rings is 1. The first kappa shape index (κ1) is 10.2. The van der Waals surface area contributed by atoms with Crippen LogP contribution >= 0.6 is 0 Å². The molecule has 0 aliphatic heterocycles. The van der Waals surface area contributed by atoms with E-state index in [-0.39, 0.29) is 0 Å². The van der Waals surface area contributed by atoms with Gasteiger partial charge in [-0.2, -0.15) is 5.01 Å². The zero-order valence-electron chi connectivity index (χ0n) is 8.99. The molecule has 2 nitrogen and oxygen atoms in total. The Balaban J connectivity index is 2.69. The quantitative estimate of drug-likeness (QED) is 0.504. The summed E-state index contributed by atoms with van der Waals surface area (Å²) in [6.07, 6.45) is 0. The lowest BCUT2D eigenvalue weighted by Crippen LogP contribution is -2.49. The van der Waals surface area contributed by atoms with Gasteiger partial charge in [0.15, 0.2) is 0 Å². The summed E-state index contributed by atoms with van der Waals surface area (Å²) >= 11 is 0. The third-order valence-corrected chi connectivity index (χ3v) is 2.50. The third-order valence-electron chi connectivity index (χ3n) is 2.50. The summed E-state index contributed by atoms with van der Waals surface area (Å²) in [5.41, 5.74) is 1.38. The molecule has 0 aromatic heterocycles. The standard InChI is InChI=1S/C11H19N2/c1-12(2)13(3,4)10-11-8-6-5-7-9-11/h5-9H,10H2,1-4H3/q+1. The smallest absolute Gasteiger partial charge is 0.122 e. The molecule has 0 aliphatic rings. The van der Waals surface area contributed by atoms with Crippen LogP contribution in [0.15, 0.2) is 30.3 Å². The van der Waals surface area contributed by atoms with Crippen LogP contribution in [0.3, 0.4) is 0 Å². The first-order chi connectivity index (χ1) is 6.02. The van der Waals surface area contributed by atoms with E-state index < -0.39 is 0 Å². The molecule has 1 aromatic rings. The third kappa shape index (κ3) is 2.83. The molecule has 0 spiro atoms. The molecule has 1 rings (SSSR count). The second-order valence-corrected chi connectivity index (χ2v) is 4.11. The molecule has 2 heteroatoms. The molecular weight excluding hydrogens is 160 g/mol. The molecule has 0 radical (unpaired) electrons. The van der Waals surface area contributed by atoms with Crippen LogP contribution in [-0.2, 0) is 6.54 Å². The lowest BCUT2D eigenvalue weighted by atomic mass is 10.2. The normalized spacial score (nSPS) is 12.1. The number of nitrogens with zero attached hydrogens (tertiary/aromatic N) is 2. The van der Waals surface area contributed by atoms with Gasteiger partial charge < -0.3 is 0 Å². The van der Waals surface area contributed by atoms with Crippen LogP contribution in [0.1, 0.15) is 5.56 Å². The monoisotopic (exact) mass is 179 g/mol. The molecule has 0 amide bonds. The van der Waals surface area contributed by atoms with Gasteiger partial charge >= 0.3 is 0 Å². The zero-order valence-corrected chi connectivity index (χ0v) is 8.99. The molecule has 0 heterocycles. The van der Waals surface area contributed by atoms with Crippen LogP contribution in [0.2, 0.25) is 0 Å². The molecule has 72 valence electrons. The highest BCUT2D eigenvalue weighted by Gasteiger charge is 2.18. The molecular formula is C11H19N2+. The molecule has 0 unspecified atom stereocenters. The fourth-order valence-electron chi connectivity index (χ4n) is 1.17. The van der Waals surface area contributed by atoms with E-state index in [1.807, 2.05) is 0 Å². The summed E-state index contributed by atoms with van der Waals surface area (Å²) in [6.45, 7) is 1.04. The first-order valence-corrected chi connectivity index (χ1v) is 4.57. The van der Waals surface area contributed by atoms with E-state index in [4.69, 9.17) is 0 Å². The Bertz CT molecular complexity index is 252. The number of rotatable bonds is 3. The minimum atomic E-state index is 0.879. The topological polar surface area (TPSA) is 3.24 Å². The first-order valence-electron chi connectivity index (χ1n) is 4.57. The average Bonchev–Trinajstić information content (AvgIpc) is 2.05. The Morgan fingerprint density at radius 1 is 1.08 bits per heavy atom. The highest BCUT2D eigenvalue weighted by Crippen LogP contribution is 2.09. The molecule has 0 saturated heterocycles. The van der Waals surface area contributed by atoms with E-state index in [0.717, 1.165) is 11.1 Å². The van der Waals surface area contributed by atoms with Crippen molar-refractivity contribution in [2.45, 2.75) is 6.54 Å². The van der Waals surface area contributed by atoms with Crippen molar-refractivity contribution < 1.29 is 4.59 Å². The van der Waals surface area contributed by atoms with Crippen molar-refractivity contribution in [1.82, 2.24) is 5.01 Å². The summed E-state index contributed by atoms with van der Waals surface area (Å²) in [5, 5.41) is 2.20. The van der Waals surface area contributed by atoms with Gasteiger partial charge in [-0.1, -0.05) is 30.3 Å². The average molecular weight is 179 g/mol. The van der Waals surface area contributed by atoms with Gasteiger partial charge in [-0.15, -0.1) is 0 Å². The van der Waals surface area contributed by atoms with Crippen LogP contribution in [0, 0.1) is 0 Å². The second-order valence-electron chi connectivity index (χ2n) is 4.11. The van der Waals surface area contributed by atoms with Gasteiger partial charge in [0, 0.05) is 19.7 Å². The van der Waals surface area contributed by atoms with E-state index in [1.165, 1.54) is 5.56 Å². The van der Waals surface area contributed by atoms with Gasteiger partial charge in [-0.3, -0.25) is 0 Å². The van der Waals surface area contributed by atoms with Crippen molar-refractivity contribution in [3.8, 4) is 0 Å². The van der Waals surface area contributed by atoms with Crippen LogP contribution in [-0.4, -0.2) is 37.8 Å². The summed E-state index contributed by atoms with van der Waals surface area (Å²) in [4.78, 5) is 0. The van der Waals surface area contributed by atoms with Crippen molar-refractivity contribution in [3.63, 3.8) is 0 Å². The van der Waals surface area contributed by atoms with Crippen LogP contribution in [0.5, 0.6) is 0 Å². The van der Waals surface area contributed by atoms with E-state index in [9.17, 15) is 0 Å². The molecule has 0 saturated carbocycles. The Kier molecular flexibility index (Phi) is 3.07. The Labute approximate surface area is 81.0 Å². The van der Waals surface area contributed by atoms with Gasteiger partial charge in [0.25, 0.3) is 0 Å². The van der Waals surface area contributed by atoms with Gasteiger partial charge in [0.1, 0.15) is 6.54 Å². The molecule has 0 bridgehead atoms. The lowest BCUT2D eigenvalue weighted by Gasteiger charge is -2.35. The summed E-state index contributed by atoms with van der Waals surface area (Å²) < 4.78 is 0.879. The molecule has 13 heavy (non-hydrogen) atoms. The molecule has 0 aliphatic carbocycles. The van der Waals surface area contributed by atoms with Crippen LogP contribution < -0.4 is 0 Å². The van der Waals surface area contributed by atoms with Gasteiger partial charge in [-0.05, 0) is 0 Å². The highest BCUT2D eigenvalue weighted by molar-refractivity contribution is 5.13. The predicted molar refractivity (Wildman–Crippen MR) is 55.9 cm³/mol. The van der Waals surface area contributed by atoms with Crippen molar-refractivity contribution in [2.75, 3.05) is 28.2 Å². The zero-order chi connectivity index (χ0) is 9.90. The molecule has 0 N–H and O–H groups in total. The summed E-state index contributed by atoms with van der Waals surface area (Å²) in [5.74, 6) is 0.